The highest BCUT2D eigenvalue weighted by atomic mass is 19.4. The first-order valence-corrected chi connectivity index (χ1v) is 12.4. The average molecular weight is 520 g/mol. The van der Waals surface area contributed by atoms with Crippen molar-refractivity contribution in [3.8, 4) is 11.1 Å². The van der Waals surface area contributed by atoms with Gasteiger partial charge in [-0.3, -0.25) is 4.79 Å². The maximum Gasteiger partial charge on any atom is 0.416 e. The summed E-state index contributed by atoms with van der Waals surface area (Å²) in [6.45, 7) is 3.60. The second kappa shape index (κ2) is 10.1. The monoisotopic (exact) mass is 519 g/mol. The first kappa shape index (κ1) is 25.7. The summed E-state index contributed by atoms with van der Waals surface area (Å²) in [6.07, 6.45) is -1.07. The predicted octanol–water partition coefficient (Wildman–Crippen LogP) is 6.27. The van der Waals surface area contributed by atoms with Crippen molar-refractivity contribution >= 4 is 28.4 Å². The van der Waals surface area contributed by atoms with E-state index in [1.807, 2.05) is 38.2 Å². The molecule has 6 nitrogen and oxygen atoms in total. The molecule has 0 bridgehead atoms. The van der Waals surface area contributed by atoms with Crippen molar-refractivity contribution in [2.75, 3.05) is 31.2 Å². The molecule has 1 aliphatic heterocycles. The molecule has 1 aromatic heterocycles. The lowest BCUT2D eigenvalue weighted by molar-refractivity contribution is -0.137. The molecule has 38 heavy (non-hydrogen) atoms. The second-order valence-corrected chi connectivity index (χ2v) is 9.89. The van der Waals surface area contributed by atoms with Crippen LogP contribution >= 0.6 is 0 Å². The van der Waals surface area contributed by atoms with E-state index in [1.54, 1.807) is 18.3 Å². The van der Waals surface area contributed by atoms with E-state index < -0.39 is 17.6 Å². The number of nitrogens with zero attached hydrogens (tertiary/aromatic N) is 3. The number of hydrogen-bond donors (Lipinski definition) is 2. The molecule has 3 aromatic carbocycles. The van der Waals surface area contributed by atoms with Gasteiger partial charge in [-0.05, 0) is 97.9 Å². The summed E-state index contributed by atoms with van der Waals surface area (Å²) >= 11 is 0. The van der Waals surface area contributed by atoms with Crippen LogP contribution in [0.3, 0.4) is 0 Å². The first-order chi connectivity index (χ1) is 18.1. The van der Waals surface area contributed by atoms with Gasteiger partial charge < -0.3 is 16.0 Å². The molecule has 4 aromatic rings. The Morgan fingerprint density at radius 1 is 1.11 bits per heavy atom. The summed E-state index contributed by atoms with van der Waals surface area (Å²) in [5, 5.41) is 3.60. The zero-order chi connectivity index (χ0) is 27.0. The molecule has 1 atom stereocenters. The van der Waals surface area contributed by atoms with Gasteiger partial charge in [0.1, 0.15) is 0 Å². The Balaban J connectivity index is 1.49. The maximum atomic E-state index is 13.5. The lowest BCUT2D eigenvalue weighted by Crippen LogP contribution is -2.31. The second-order valence-electron chi connectivity index (χ2n) is 9.89. The van der Waals surface area contributed by atoms with Crippen molar-refractivity contribution in [2.45, 2.75) is 31.9 Å². The topological polar surface area (TPSA) is 84.1 Å². The number of nitrogens with two attached hydrogens (primary N) is 1. The fraction of sp³-hybridized carbons (Fsp3) is 0.276. The highest BCUT2D eigenvalue weighted by Gasteiger charge is 2.32. The lowest BCUT2D eigenvalue weighted by atomic mass is 9.88. The number of anilines is 2. The van der Waals surface area contributed by atoms with Crippen LogP contribution in [0.15, 0.2) is 60.8 Å². The molecule has 0 spiro atoms. The third-order valence-electron chi connectivity index (χ3n) is 7.10. The van der Waals surface area contributed by atoms with E-state index in [0.717, 1.165) is 65.7 Å². The maximum absolute atomic E-state index is 13.5. The molecule has 5 rings (SSSR count). The van der Waals surface area contributed by atoms with E-state index in [1.165, 1.54) is 6.07 Å². The van der Waals surface area contributed by atoms with Gasteiger partial charge in [0.15, 0.2) is 0 Å². The van der Waals surface area contributed by atoms with Crippen LogP contribution in [0.2, 0.25) is 0 Å². The van der Waals surface area contributed by atoms with Gasteiger partial charge in [-0.2, -0.15) is 13.2 Å². The molecule has 3 N–H and O–H groups in total. The molecule has 1 fully saturated rings. The fourth-order valence-electron chi connectivity index (χ4n) is 5.10. The number of aryl methyl sites for hydroxylation is 1. The van der Waals surface area contributed by atoms with Crippen molar-refractivity contribution in [1.82, 2.24) is 14.9 Å². The third-order valence-corrected chi connectivity index (χ3v) is 7.10. The quantitative estimate of drug-likeness (QED) is 0.332. The summed E-state index contributed by atoms with van der Waals surface area (Å²) < 4.78 is 40.6. The summed E-state index contributed by atoms with van der Waals surface area (Å²) in [5.41, 5.74) is 9.51. The minimum Gasteiger partial charge on any atom is -0.368 e. The van der Waals surface area contributed by atoms with Gasteiger partial charge in [-0.15, -0.1) is 0 Å². The number of nitrogens with one attached hydrogen (secondary N) is 1. The van der Waals surface area contributed by atoms with E-state index in [4.69, 9.17) is 5.73 Å². The van der Waals surface area contributed by atoms with Crippen LogP contribution in [0.1, 0.15) is 45.8 Å². The van der Waals surface area contributed by atoms with E-state index in [9.17, 15) is 18.0 Å². The highest BCUT2D eigenvalue weighted by molar-refractivity contribution is 6.05. The van der Waals surface area contributed by atoms with Crippen LogP contribution in [0.25, 0.3) is 22.0 Å². The summed E-state index contributed by atoms with van der Waals surface area (Å²) in [5.74, 6) is -0.240. The number of aromatic nitrogens is 2. The minimum atomic E-state index is -4.51. The van der Waals surface area contributed by atoms with Crippen LogP contribution in [0.5, 0.6) is 0 Å². The molecule has 0 aliphatic carbocycles. The highest BCUT2D eigenvalue weighted by Crippen LogP contribution is 2.37. The zero-order valence-corrected chi connectivity index (χ0v) is 21.1. The number of carbonyl (C=O) groups is 1. The van der Waals surface area contributed by atoms with Gasteiger partial charge >= 0.3 is 6.18 Å². The molecule has 1 saturated heterocycles. The Morgan fingerprint density at radius 3 is 2.68 bits per heavy atom. The first-order valence-electron chi connectivity index (χ1n) is 12.4. The van der Waals surface area contributed by atoms with Gasteiger partial charge in [-0.1, -0.05) is 18.2 Å². The molecule has 2 heterocycles. The van der Waals surface area contributed by atoms with Crippen molar-refractivity contribution < 1.29 is 18.0 Å². The number of nitrogen functional groups attached to an aromatic ring is 1. The number of piperidine rings is 1. The fourth-order valence-corrected chi connectivity index (χ4v) is 5.10. The Kier molecular flexibility index (Phi) is 6.79. The number of rotatable bonds is 4. The number of likely N-dealkylation sites (tertiary alicyclic amines) is 1. The number of carbonyl (C=O) groups excluding carboxylic acids is 1. The Morgan fingerprint density at radius 2 is 1.92 bits per heavy atom. The number of hydrogen-bond acceptors (Lipinski definition) is 5. The number of alkyl halides is 3. The molecule has 0 saturated carbocycles. The number of amides is 1. The van der Waals surface area contributed by atoms with E-state index in [0.29, 0.717) is 11.1 Å². The SMILES string of the molecule is Cc1ccc(C(=O)Nc2cc(C(F)(F)F)ccc2[C@H]2CCCN(C)C2)cc1-c1ccc2nc(N)ncc2c1. The molecule has 9 heteroatoms. The van der Waals surface area contributed by atoms with Crippen LogP contribution in [-0.4, -0.2) is 40.9 Å². The van der Waals surface area contributed by atoms with Gasteiger partial charge in [-0.25, -0.2) is 9.97 Å². The molecule has 1 amide bonds. The summed E-state index contributed by atoms with van der Waals surface area (Å²) in [4.78, 5) is 23.8. The smallest absolute Gasteiger partial charge is 0.368 e. The zero-order valence-electron chi connectivity index (χ0n) is 21.1. The number of fused-ring (bicyclic) bond motifs is 1. The summed E-state index contributed by atoms with van der Waals surface area (Å²) in [7, 11) is 2.00. The van der Waals surface area contributed by atoms with E-state index in [-0.39, 0.29) is 17.6 Å². The summed E-state index contributed by atoms with van der Waals surface area (Å²) in [6, 6.07) is 14.6. The van der Waals surface area contributed by atoms with E-state index >= 15 is 0 Å². The Labute approximate surface area is 218 Å². The minimum absolute atomic E-state index is 0.0359. The van der Waals surface area contributed by atoms with Gasteiger partial charge in [0, 0.05) is 29.4 Å². The molecule has 0 radical (unpaired) electrons. The normalized spacial score (nSPS) is 16.5. The van der Waals surface area contributed by atoms with Crippen LogP contribution in [0.4, 0.5) is 24.8 Å². The van der Waals surface area contributed by atoms with Crippen molar-refractivity contribution in [2.24, 2.45) is 0 Å². The molecule has 0 unspecified atom stereocenters. The number of likely N-dealkylation sites (N-methyl/N-ethyl adjacent to an activating group) is 1. The van der Waals surface area contributed by atoms with Crippen molar-refractivity contribution in [3.63, 3.8) is 0 Å². The Bertz CT molecular complexity index is 1520. The van der Waals surface area contributed by atoms with Crippen molar-refractivity contribution in [1.29, 1.82) is 0 Å². The van der Waals surface area contributed by atoms with Gasteiger partial charge in [0.05, 0.1) is 11.1 Å². The molecule has 1 aliphatic rings. The molecule has 196 valence electrons. The van der Waals surface area contributed by atoms with Crippen LogP contribution < -0.4 is 11.1 Å². The van der Waals surface area contributed by atoms with E-state index in [2.05, 4.69) is 20.2 Å². The lowest BCUT2D eigenvalue weighted by Gasteiger charge is -2.31. The van der Waals surface area contributed by atoms with Crippen LogP contribution in [-0.2, 0) is 6.18 Å². The largest absolute Gasteiger partial charge is 0.416 e. The predicted molar refractivity (Wildman–Crippen MR) is 143 cm³/mol. The Hall–Kier alpha value is -3.98. The molecular formula is C29H28F3N5O. The number of halogens is 3. The average Bonchev–Trinajstić information content (AvgIpc) is 2.88. The molecular weight excluding hydrogens is 491 g/mol. The standard InChI is InChI=1S/C29H28F3N5O/c1-17-5-6-19(13-24(17)18-7-10-25-21(12-18)15-34-28(33)36-25)27(38)35-26-14-22(29(30,31)32)8-9-23(26)20-4-3-11-37(2)16-20/h5-10,12-15,20H,3-4,11,16H2,1-2H3,(H,35,38)(H2,33,34,36)/t20-/m0/s1. The third kappa shape index (κ3) is 5.33. The van der Waals surface area contributed by atoms with Gasteiger partial charge in [0.25, 0.3) is 5.91 Å². The van der Waals surface area contributed by atoms with Gasteiger partial charge in [0.2, 0.25) is 5.95 Å². The number of benzene rings is 3. The van der Waals surface area contributed by atoms with Crippen LogP contribution in [0, 0.1) is 6.92 Å². The van der Waals surface area contributed by atoms with Crippen molar-refractivity contribution in [3.05, 3.63) is 83.0 Å².